The second-order valence-corrected chi connectivity index (χ2v) is 8.22. The van der Waals surface area contributed by atoms with Crippen molar-refractivity contribution in [3.05, 3.63) is 52.2 Å². The number of thiophene rings is 1. The molecule has 0 bridgehead atoms. The van der Waals surface area contributed by atoms with Crippen LogP contribution in [0.3, 0.4) is 0 Å². The number of thiocarbonyl (C=S) groups is 1. The fraction of sp³-hybridized carbons (Fsp3) is 0.450. The standard InChI is InChI=1S/C20H26N2OS2/c1-15(2)16-7-9-17(10-8-16)21-20(24)22(13-18-5-3-11-23-18)14-19-6-4-12-25-19/h4,6-10,12,15,18H,3,5,11,13-14H2,1-2H3,(H,21,24)/t18-/m0/s1. The Morgan fingerprint density at radius 3 is 2.72 bits per heavy atom. The summed E-state index contributed by atoms with van der Waals surface area (Å²) in [7, 11) is 0. The summed E-state index contributed by atoms with van der Waals surface area (Å²) in [5.74, 6) is 0.538. The van der Waals surface area contributed by atoms with Crippen LogP contribution in [-0.2, 0) is 11.3 Å². The number of rotatable bonds is 6. The van der Waals surface area contributed by atoms with Crippen molar-refractivity contribution in [3.8, 4) is 0 Å². The van der Waals surface area contributed by atoms with Crippen LogP contribution in [0.5, 0.6) is 0 Å². The lowest BCUT2D eigenvalue weighted by atomic mass is 10.0. The van der Waals surface area contributed by atoms with E-state index in [-0.39, 0.29) is 6.10 Å². The lowest BCUT2D eigenvalue weighted by molar-refractivity contribution is 0.0907. The minimum absolute atomic E-state index is 0.281. The van der Waals surface area contributed by atoms with Gasteiger partial charge in [-0.2, -0.15) is 0 Å². The Labute approximate surface area is 160 Å². The van der Waals surface area contributed by atoms with Crippen LogP contribution >= 0.6 is 23.6 Å². The average Bonchev–Trinajstić information content (AvgIpc) is 3.28. The monoisotopic (exact) mass is 374 g/mol. The summed E-state index contributed by atoms with van der Waals surface area (Å²) in [6.45, 7) is 6.95. The van der Waals surface area contributed by atoms with Crippen molar-refractivity contribution >= 4 is 34.4 Å². The third-order valence-corrected chi connectivity index (χ3v) is 5.71. The van der Waals surface area contributed by atoms with Crippen LogP contribution in [-0.4, -0.2) is 29.3 Å². The number of nitrogens with one attached hydrogen (secondary N) is 1. The first-order valence-corrected chi connectivity index (χ1v) is 10.2. The molecule has 1 saturated heterocycles. The lowest BCUT2D eigenvalue weighted by Crippen LogP contribution is -2.39. The number of nitrogens with zero attached hydrogens (tertiary/aromatic N) is 1. The van der Waals surface area contributed by atoms with Gasteiger partial charge in [0.1, 0.15) is 0 Å². The van der Waals surface area contributed by atoms with E-state index in [2.05, 4.69) is 65.8 Å². The van der Waals surface area contributed by atoms with Gasteiger partial charge >= 0.3 is 0 Å². The highest BCUT2D eigenvalue weighted by Gasteiger charge is 2.21. The van der Waals surface area contributed by atoms with E-state index in [1.54, 1.807) is 11.3 Å². The maximum absolute atomic E-state index is 5.82. The maximum Gasteiger partial charge on any atom is 0.173 e. The Kier molecular flexibility index (Phi) is 6.45. The van der Waals surface area contributed by atoms with E-state index < -0.39 is 0 Å². The van der Waals surface area contributed by atoms with E-state index in [4.69, 9.17) is 17.0 Å². The summed E-state index contributed by atoms with van der Waals surface area (Å²) >= 11 is 7.48. The van der Waals surface area contributed by atoms with Gasteiger partial charge in [0.15, 0.2) is 5.11 Å². The Morgan fingerprint density at radius 2 is 2.12 bits per heavy atom. The van der Waals surface area contributed by atoms with Crippen LogP contribution < -0.4 is 5.32 Å². The molecule has 0 spiro atoms. The Balaban J connectivity index is 1.66. The molecule has 5 heteroatoms. The van der Waals surface area contributed by atoms with Gasteiger partial charge in [-0.25, -0.2) is 0 Å². The van der Waals surface area contributed by atoms with Crippen LogP contribution in [0.1, 0.15) is 43.0 Å². The van der Waals surface area contributed by atoms with Crippen molar-refractivity contribution in [2.75, 3.05) is 18.5 Å². The molecule has 25 heavy (non-hydrogen) atoms. The molecule has 134 valence electrons. The largest absolute Gasteiger partial charge is 0.376 e. The summed E-state index contributed by atoms with van der Waals surface area (Å²) in [5.41, 5.74) is 2.38. The van der Waals surface area contributed by atoms with Crippen molar-refractivity contribution in [2.24, 2.45) is 0 Å². The van der Waals surface area contributed by atoms with E-state index in [0.717, 1.165) is 43.3 Å². The van der Waals surface area contributed by atoms with Gasteiger partial charge in [-0.15, -0.1) is 11.3 Å². The second-order valence-electron chi connectivity index (χ2n) is 6.80. The Morgan fingerprint density at radius 1 is 1.32 bits per heavy atom. The van der Waals surface area contributed by atoms with Gasteiger partial charge in [-0.05, 0) is 60.1 Å². The van der Waals surface area contributed by atoms with E-state index in [1.807, 2.05) is 0 Å². The molecule has 2 heterocycles. The highest BCUT2D eigenvalue weighted by Crippen LogP contribution is 2.20. The molecule has 0 saturated carbocycles. The van der Waals surface area contributed by atoms with E-state index >= 15 is 0 Å². The molecule has 0 unspecified atom stereocenters. The lowest BCUT2D eigenvalue weighted by Gasteiger charge is -2.28. The number of hydrogen-bond donors (Lipinski definition) is 1. The Bertz CT molecular complexity index is 662. The number of benzene rings is 1. The summed E-state index contributed by atoms with van der Waals surface area (Å²) in [6.07, 6.45) is 2.55. The van der Waals surface area contributed by atoms with Gasteiger partial charge < -0.3 is 15.0 Å². The molecule has 1 fully saturated rings. The first kappa shape index (κ1) is 18.4. The average molecular weight is 375 g/mol. The van der Waals surface area contributed by atoms with Crippen LogP contribution in [0.25, 0.3) is 0 Å². The van der Waals surface area contributed by atoms with Gasteiger partial charge in [0, 0.05) is 23.7 Å². The molecule has 1 N–H and O–H groups in total. The topological polar surface area (TPSA) is 24.5 Å². The van der Waals surface area contributed by atoms with Crippen LogP contribution in [0, 0.1) is 0 Å². The molecule has 3 rings (SSSR count). The fourth-order valence-corrected chi connectivity index (χ4v) is 3.97. The molecule has 1 aliphatic rings. The van der Waals surface area contributed by atoms with E-state index in [9.17, 15) is 0 Å². The molecular weight excluding hydrogens is 348 g/mol. The molecule has 0 amide bonds. The number of hydrogen-bond acceptors (Lipinski definition) is 3. The fourth-order valence-electron chi connectivity index (χ4n) is 3.00. The zero-order valence-corrected chi connectivity index (χ0v) is 16.5. The zero-order valence-electron chi connectivity index (χ0n) is 14.9. The molecular formula is C20H26N2OS2. The molecule has 2 aromatic rings. The van der Waals surface area contributed by atoms with Gasteiger partial charge in [0.05, 0.1) is 12.6 Å². The van der Waals surface area contributed by atoms with E-state index in [1.165, 1.54) is 10.4 Å². The second kappa shape index (κ2) is 8.79. The summed E-state index contributed by atoms with van der Waals surface area (Å²) in [6, 6.07) is 12.8. The molecule has 0 radical (unpaired) electrons. The SMILES string of the molecule is CC(C)c1ccc(NC(=S)N(Cc2cccs2)C[C@@H]2CCCO2)cc1. The van der Waals surface area contributed by atoms with Crippen LogP contribution in [0.2, 0.25) is 0 Å². The predicted octanol–water partition coefficient (Wildman–Crippen LogP) is 5.25. The predicted molar refractivity (Wildman–Crippen MR) is 110 cm³/mol. The van der Waals surface area contributed by atoms with Crippen molar-refractivity contribution in [2.45, 2.75) is 45.3 Å². The van der Waals surface area contributed by atoms with Crippen molar-refractivity contribution < 1.29 is 4.74 Å². The molecule has 3 nitrogen and oxygen atoms in total. The maximum atomic E-state index is 5.82. The highest BCUT2D eigenvalue weighted by atomic mass is 32.1. The van der Waals surface area contributed by atoms with Crippen molar-refractivity contribution in [1.82, 2.24) is 4.90 Å². The zero-order chi connectivity index (χ0) is 17.6. The third-order valence-electron chi connectivity index (χ3n) is 4.49. The van der Waals surface area contributed by atoms with Crippen molar-refractivity contribution in [3.63, 3.8) is 0 Å². The van der Waals surface area contributed by atoms with Crippen LogP contribution in [0.4, 0.5) is 5.69 Å². The van der Waals surface area contributed by atoms with E-state index in [0.29, 0.717) is 5.92 Å². The summed E-state index contributed by atoms with van der Waals surface area (Å²) in [4.78, 5) is 3.55. The number of anilines is 1. The van der Waals surface area contributed by atoms with Gasteiger partial charge in [-0.1, -0.05) is 32.0 Å². The molecule has 1 aliphatic heterocycles. The van der Waals surface area contributed by atoms with Gasteiger partial charge in [0.2, 0.25) is 0 Å². The third kappa shape index (κ3) is 5.27. The molecule has 1 aromatic carbocycles. The van der Waals surface area contributed by atoms with Crippen molar-refractivity contribution in [1.29, 1.82) is 0 Å². The highest BCUT2D eigenvalue weighted by molar-refractivity contribution is 7.80. The smallest absolute Gasteiger partial charge is 0.173 e. The summed E-state index contributed by atoms with van der Waals surface area (Å²) in [5, 5.41) is 6.28. The Hall–Kier alpha value is -1.43. The first-order chi connectivity index (χ1) is 12.1. The van der Waals surface area contributed by atoms with Gasteiger partial charge in [-0.3, -0.25) is 0 Å². The van der Waals surface area contributed by atoms with Crippen LogP contribution in [0.15, 0.2) is 41.8 Å². The van der Waals surface area contributed by atoms with Gasteiger partial charge in [0.25, 0.3) is 0 Å². The minimum atomic E-state index is 0.281. The minimum Gasteiger partial charge on any atom is -0.376 e. The normalized spacial score (nSPS) is 17.0. The molecule has 1 atom stereocenters. The quantitative estimate of drug-likeness (QED) is 0.698. The number of ether oxygens (including phenoxy) is 1. The molecule has 0 aliphatic carbocycles. The first-order valence-electron chi connectivity index (χ1n) is 8.91. The molecule has 1 aromatic heterocycles. The summed E-state index contributed by atoms with van der Waals surface area (Å²) < 4.78 is 5.82.